The molecular weight excluding hydrogens is 206 g/mol. The standard InChI is InChI=1S/C7H5N3O5/c8-6(11)5-4(10(14)15)1-3(2-9-5)7(12)13/h1-2H,(H2,8,11)(H,12,13). The zero-order valence-corrected chi connectivity index (χ0v) is 7.21. The van der Waals surface area contributed by atoms with Crippen molar-refractivity contribution in [2.75, 3.05) is 0 Å². The summed E-state index contributed by atoms with van der Waals surface area (Å²) in [6.45, 7) is 0. The van der Waals surface area contributed by atoms with Crippen LogP contribution in [0.25, 0.3) is 0 Å². The Bertz CT molecular complexity index is 456. The number of hydrogen-bond acceptors (Lipinski definition) is 5. The summed E-state index contributed by atoms with van der Waals surface area (Å²) in [5.74, 6) is -2.46. The maximum atomic E-state index is 10.7. The van der Waals surface area contributed by atoms with E-state index in [1.54, 1.807) is 0 Å². The summed E-state index contributed by atoms with van der Waals surface area (Å²) in [7, 11) is 0. The van der Waals surface area contributed by atoms with Crippen molar-refractivity contribution in [3.63, 3.8) is 0 Å². The zero-order chi connectivity index (χ0) is 11.6. The molecule has 3 N–H and O–H groups in total. The van der Waals surface area contributed by atoms with Gasteiger partial charge in [-0.15, -0.1) is 0 Å². The van der Waals surface area contributed by atoms with Crippen molar-refractivity contribution >= 4 is 17.6 Å². The van der Waals surface area contributed by atoms with Crippen molar-refractivity contribution in [1.82, 2.24) is 4.98 Å². The lowest BCUT2D eigenvalue weighted by atomic mass is 10.2. The van der Waals surface area contributed by atoms with Crippen molar-refractivity contribution in [3.8, 4) is 0 Å². The highest BCUT2D eigenvalue weighted by Crippen LogP contribution is 2.17. The fraction of sp³-hybridized carbons (Fsp3) is 0. The Labute approximate surface area is 82.5 Å². The van der Waals surface area contributed by atoms with Gasteiger partial charge in [0.15, 0.2) is 0 Å². The number of aromatic carboxylic acids is 1. The largest absolute Gasteiger partial charge is 0.478 e. The molecule has 78 valence electrons. The summed E-state index contributed by atoms with van der Waals surface area (Å²) in [5, 5.41) is 19.0. The molecule has 0 aliphatic heterocycles. The highest BCUT2D eigenvalue weighted by molar-refractivity contribution is 5.96. The van der Waals surface area contributed by atoms with Gasteiger partial charge in [-0.2, -0.15) is 0 Å². The van der Waals surface area contributed by atoms with E-state index in [4.69, 9.17) is 10.8 Å². The second kappa shape index (κ2) is 3.70. The van der Waals surface area contributed by atoms with Gasteiger partial charge in [-0.1, -0.05) is 0 Å². The molecule has 0 bridgehead atoms. The van der Waals surface area contributed by atoms with Gasteiger partial charge in [0, 0.05) is 12.3 Å². The molecule has 0 spiro atoms. The second-order valence-corrected chi connectivity index (χ2v) is 2.52. The van der Waals surface area contributed by atoms with E-state index in [0.29, 0.717) is 0 Å². The Kier molecular flexibility index (Phi) is 2.61. The molecule has 1 aromatic heterocycles. The van der Waals surface area contributed by atoms with Crippen molar-refractivity contribution in [2.45, 2.75) is 0 Å². The van der Waals surface area contributed by atoms with Gasteiger partial charge < -0.3 is 10.8 Å². The van der Waals surface area contributed by atoms with Crippen LogP contribution in [0.3, 0.4) is 0 Å². The Morgan fingerprint density at radius 1 is 1.53 bits per heavy atom. The van der Waals surface area contributed by atoms with E-state index < -0.39 is 28.2 Å². The molecule has 0 aliphatic rings. The molecule has 0 aliphatic carbocycles. The summed E-state index contributed by atoms with van der Waals surface area (Å²) in [4.78, 5) is 34.1. The number of nitro groups is 1. The average Bonchev–Trinajstić information content (AvgIpc) is 2.16. The summed E-state index contributed by atoms with van der Waals surface area (Å²) in [6.07, 6.45) is 0.829. The summed E-state index contributed by atoms with van der Waals surface area (Å²) >= 11 is 0. The fourth-order valence-electron chi connectivity index (χ4n) is 0.899. The fourth-order valence-corrected chi connectivity index (χ4v) is 0.899. The van der Waals surface area contributed by atoms with Crippen molar-refractivity contribution in [1.29, 1.82) is 0 Å². The number of hydrogen-bond donors (Lipinski definition) is 2. The van der Waals surface area contributed by atoms with E-state index in [1.807, 2.05) is 0 Å². The molecule has 1 amide bonds. The number of carbonyl (C=O) groups is 2. The minimum Gasteiger partial charge on any atom is -0.478 e. The van der Waals surface area contributed by atoms with E-state index in [0.717, 1.165) is 12.3 Å². The Hall–Kier alpha value is -2.51. The van der Waals surface area contributed by atoms with E-state index in [1.165, 1.54) is 0 Å². The molecule has 0 fully saturated rings. The van der Waals surface area contributed by atoms with Crippen LogP contribution in [-0.4, -0.2) is 26.9 Å². The van der Waals surface area contributed by atoms with Crippen molar-refractivity contribution in [2.24, 2.45) is 5.73 Å². The van der Waals surface area contributed by atoms with Crippen LogP contribution in [0.4, 0.5) is 5.69 Å². The highest BCUT2D eigenvalue weighted by Gasteiger charge is 2.22. The molecule has 1 rings (SSSR count). The summed E-state index contributed by atoms with van der Waals surface area (Å²) in [5.41, 5.74) is 3.16. The van der Waals surface area contributed by atoms with Crippen molar-refractivity contribution in [3.05, 3.63) is 33.6 Å². The van der Waals surface area contributed by atoms with Gasteiger partial charge >= 0.3 is 11.7 Å². The first-order valence-electron chi connectivity index (χ1n) is 3.61. The molecule has 15 heavy (non-hydrogen) atoms. The van der Waals surface area contributed by atoms with E-state index in [9.17, 15) is 19.7 Å². The quantitative estimate of drug-likeness (QED) is 0.524. The Morgan fingerprint density at radius 2 is 2.13 bits per heavy atom. The Morgan fingerprint density at radius 3 is 2.53 bits per heavy atom. The molecule has 0 saturated carbocycles. The smallest absolute Gasteiger partial charge is 0.337 e. The van der Waals surface area contributed by atoms with Gasteiger partial charge in [0.05, 0.1) is 10.5 Å². The first-order valence-corrected chi connectivity index (χ1v) is 3.61. The van der Waals surface area contributed by atoms with Gasteiger partial charge in [0.1, 0.15) is 0 Å². The van der Waals surface area contributed by atoms with Gasteiger partial charge in [-0.05, 0) is 0 Å². The summed E-state index contributed by atoms with van der Waals surface area (Å²) in [6, 6.07) is 0.732. The third-order valence-electron chi connectivity index (χ3n) is 1.54. The number of nitrogens with two attached hydrogens (primary N) is 1. The highest BCUT2D eigenvalue weighted by atomic mass is 16.6. The monoisotopic (exact) mass is 211 g/mol. The molecule has 0 aromatic carbocycles. The van der Waals surface area contributed by atoms with E-state index in [-0.39, 0.29) is 5.56 Å². The molecule has 0 saturated heterocycles. The lowest BCUT2D eigenvalue weighted by Gasteiger charge is -1.98. The van der Waals surface area contributed by atoms with E-state index >= 15 is 0 Å². The van der Waals surface area contributed by atoms with Gasteiger partial charge in [0.2, 0.25) is 5.69 Å². The number of nitrogens with zero attached hydrogens (tertiary/aromatic N) is 2. The van der Waals surface area contributed by atoms with Crippen LogP contribution in [0.1, 0.15) is 20.8 Å². The van der Waals surface area contributed by atoms with Crippen LogP contribution in [-0.2, 0) is 0 Å². The topological polar surface area (TPSA) is 136 Å². The lowest BCUT2D eigenvalue weighted by molar-refractivity contribution is -0.385. The molecule has 1 heterocycles. The number of carboxylic acids is 1. The van der Waals surface area contributed by atoms with Crippen LogP contribution in [0.2, 0.25) is 0 Å². The number of aromatic nitrogens is 1. The van der Waals surface area contributed by atoms with Crippen LogP contribution >= 0.6 is 0 Å². The predicted octanol–water partition coefficient (Wildman–Crippen LogP) is -0.213. The van der Waals surface area contributed by atoms with Crippen LogP contribution in [0.15, 0.2) is 12.3 Å². The third kappa shape index (κ3) is 2.05. The molecular formula is C7H5N3O5. The average molecular weight is 211 g/mol. The van der Waals surface area contributed by atoms with Crippen molar-refractivity contribution < 1.29 is 19.6 Å². The molecule has 0 unspecified atom stereocenters. The van der Waals surface area contributed by atoms with E-state index in [2.05, 4.69) is 4.98 Å². The number of carboxylic acid groups (broad SMARTS) is 1. The molecule has 0 radical (unpaired) electrons. The number of pyridine rings is 1. The minimum atomic E-state index is -1.37. The van der Waals surface area contributed by atoms with Crippen LogP contribution < -0.4 is 5.73 Å². The lowest BCUT2D eigenvalue weighted by Crippen LogP contribution is -2.16. The third-order valence-corrected chi connectivity index (χ3v) is 1.54. The van der Waals surface area contributed by atoms with Crippen LogP contribution in [0.5, 0.6) is 0 Å². The first kappa shape index (κ1) is 10.6. The number of carbonyl (C=O) groups excluding carboxylic acids is 1. The van der Waals surface area contributed by atoms with Gasteiger partial charge in [-0.3, -0.25) is 14.9 Å². The van der Waals surface area contributed by atoms with Crippen LogP contribution in [0, 0.1) is 10.1 Å². The summed E-state index contributed by atoms with van der Waals surface area (Å²) < 4.78 is 0. The molecule has 0 atom stereocenters. The molecule has 8 heteroatoms. The minimum absolute atomic E-state index is 0.383. The SMILES string of the molecule is NC(=O)c1ncc(C(=O)O)cc1[N+](=O)[O-]. The van der Waals surface area contributed by atoms with Gasteiger partial charge in [0.25, 0.3) is 5.91 Å². The maximum Gasteiger partial charge on any atom is 0.337 e. The number of rotatable bonds is 3. The maximum absolute atomic E-state index is 10.7. The molecule has 1 aromatic rings. The predicted molar refractivity (Wildman–Crippen MR) is 46.4 cm³/mol. The molecule has 8 nitrogen and oxygen atoms in total. The van der Waals surface area contributed by atoms with Gasteiger partial charge in [-0.25, -0.2) is 9.78 Å². The second-order valence-electron chi connectivity index (χ2n) is 2.52. The number of amides is 1. The number of primary amides is 1. The zero-order valence-electron chi connectivity index (χ0n) is 7.21. The normalized spacial score (nSPS) is 9.60. The first-order chi connectivity index (χ1) is 6.93. The Balaban J connectivity index is 3.40.